The van der Waals surface area contributed by atoms with Crippen LogP contribution in [0.5, 0.6) is 0 Å². The van der Waals surface area contributed by atoms with E-state index in [9.17, 15) is 9.00 Å². The normalized spacial score (nSPS) is 20.0. The summed E-state index contributed by atoms with van der Waals surface area (Å²) in [6, 6.07) is 5.40. The van der Waals surface area contributed by atoms with Crippen LogP contribution in [0.4, 0.5) is 4.79 Å². The molecule has 1 amide bonds. The number of amides is 1. The van der Waals surface area contributed by atoms with Crippen LogP contribution in [0.15, 0.2) is 27.8 Å². The van der Waals surface area contributed by atoms with Crippen LogP contribution < -0.4 is 0 Å². The summed E-state index contributed by atoms with van der Waals surface area (Å²) in [5.74, 6) is 0.733. The highest BCUT2D eigenvalue weighted by Gasteiger charge is 2.30. The first kappa shape index (κ1) is 17.4. The van der Waals surface area contributed by atoms with Gasteiger partial charge in [-0.05, 0) is 61.2 Å². The summed E-state index contributed by atoms with van der Waals surface area (Å²) >= 11 is 3.28. The Morgan fingerprint density at radius 3 is 2.86 bits per heavy atom. The molecule has 2 rings (SSSR count). The number of pyridine rings is 1. The zero-order valence-corrected chi connectivity index (χ0v) is 15.4. The van der Waals surface area contributed by atoms with Gasteiger partial charge in [0.1, 0.15) is 15.2 Å². The Balaban J connectivity index is 1.88. The van der Waals surface area contributed by atoms with Crippen LogP contribution >= 0.6 is 15.9 Å². The van der Waals surface area contributed by atoms with Gasteiger partial charge in [-0.25, -0.2) is 9.78 Å². The quantitative estimate of drug-likeness (QED) is 0.745. The predicted molar refractivity (Wildman–Crippen MR) is 89.1 cm³/mol. The maximum absolute atomic E-state index is 12.4. The van der Waals surface area contributed by atoms with Gasteiger partial charge in [0.05, 0.1) is 10.8 Å². The Morgan fingerprint density at radius 1 is 1.50 bits per heavy atom. The molecular formula is C15H21BrN2O3S. The molecule has 0 radical (unpaired) electrons. The van der Waals surface area contributed by atoms with Crippen LogP contribution in [0.1, 0.15) is 27.2 Å². The fourth-order valence-electron chi connectivity index (χ4n) is 2.28. The van der Waals surface area contributed by atoms with E-state index in [4.69, 9.17) is 4.74 Å². The molecule has 2 heterocycles. The van der Waals surface area contributed by atoms with Gasteiger partial charge in [-0.2, -0.15) is 0 Å². The van der Waals surface area contributed by atoms with E-state index in [1.165, 1.54) is 0 Å². The van der Waals surface area contributed by atoms with E-state index in [-0.39, 0.29) is 12.0 Å². The number of carbonyl (C=O) groups is 1. The molecule has 1 aliphatic heterocycles. The van der Waals surface area contributed by atoms with Gasteiger partial charge in [0.2, 0.25) is 0 Å². The van der Waals surface area contributed by atoms with Crippen molar-refractivity contribution in [2.24, 2.45) is 5.92 Å². The molecule has 2 atom stereocenters. The minimum Gasteiger partial charge on any atom is -0.444 e. The molecular weight excluding hydrogens is 368 g/mol. The Morgan fingerprint density at radius 2 is 2.23 bits per heavy atom. The van der Waals surface area contributed by atoms with Crippen LogP contribution in [0.2, 0.25) is 0 Å². The highest BCUT2D eigenvalue weighted by Crippen LogP contribution is 2.22. The van der Waals surface area contributed by atoms with Crippen LogP contribution in [-0.4, -0.2) is 44.6 Å². The first-order chi connectivity index (χ1) is 10.2. The lowest BCUT2D eigenvalue weighted by Crippen LogP contribution is -2.35. The van der Waals surface area contributed by atoms with Gasteiger partial charge < -0.3 is 9.64 Å². The number of ether oxygens (including phenoxy) is 1. The highest BCUT2D eigenvalue weighted by atomic mass is 79.9. The van der Waals surface area contributed by atoms with Crippen LogP contribution in [-0.2, 0) is 15.5 Å². The number of aromatic nitrogens is 1. The Labute approximate surface area is 142 Å². The number of carbonyl (C=O) groups excluding carboxylic acids is 1. The average Bonchev–Trinajstić information content (AvgIpc) is 2.85. The lowest BCUT2D eigenvalue weighted by molar-refractivity contribution is 0.0289. The summed E-state index contributed by atoms with van der Waals surface area (Å²) in [5, 5.41) is 0.574. The van der Waals surface area contributed by atoms with Crippen LogP contribution in [0.3, 0.4) is 0 Å². The van der Waals surface area contributed by atoms with E-state index in [0.29, 0.717) is 28.5 Å². The van der Waals surface area contributed by atoms with Crippen molar-refractivity contribution in [3.8, 4) is 0 Å². The molecule has 0 unspecified atom stereocenters. The van der Waals surface area contributed by atoms with E-state index >= 15 is 0 Å². The molecule has 0 saturated carbocycles. The van der Waals surface area contributed by atoms with Gasteiger partial charge in [0, 0.05) is 18.8 Å². The molecule has 0 spiro atoms. The van der Waals surface area contributed by atoms with Crippen molar-refractivity contribution in [3.63, 3.8) is 0 Å². The molecule has 1 aromatic heterocycles. The zero-order chi connectivity index (χ0) is 16.3. The maximum Gasteiger partial charge on any atom is 0.410 e. The molecule has 122 valence electrons. The van der Waals surface area contributed by atoms with Gasteiger partial charge in [-0.15, -0.1) is 0 Å². The van der Waals surface area contributed by atoms with Gasteiger partial charge in [-0.3, -0.25) is 4.21 Å². The lowest BCUT2D eigenvalue weighted by Gasteiger charge is -2.24. The van der Waals surface area contributed by atoms with Crippen LogP contribution in [0.25, 0.3) is 0 Å². The molecule has 22 heavy (non-hydrogen) atoms. The Bertz CT molecular complexity index is 574. The fraction of sp³-hybridized carbons (Fsp3) is 0.600. The molecule has 0 N–H and O–H groups in total. The third kappa shape index (κ3) is 5.05. The number of hydrogen-bond donors (Lipinski definition) is 0. The van der Waals surface area contributed by atoms with Gasteiger partial charge >= 0.3 is 6.09 Å². The van der Waals surface area contributed by atoms with E-state index in [1.807, 2.05) is 26.8 Å². The SMILES string of the molecule is CC(C)(C)OC(=O)N1CC[C@H](C[S@@](=O)c2cccc(Br)n2)C1. The van der Waals surface area contributed by atoms with Gasteiger partial charge in [-0.1, -0.05) is 6.07 Å². The van der Waals surface area contributed by atoms with Crippen molar-refractivity contribution in [1.29, 1.82) is 0 Å². The van der Waals surface area contributed by atoms with Crippen LogP contribution in [0, 0.1) is 5.92 Å². The van der Waals surface area contributed by atoms with Crippen molar-refractivity contribution >= 4 is 32.8 Å². The number of halogens is 1. The van der Waals surface area contributed by atoms with Gasteiger partial charge in [0.25, 0.3) is 0 Å². The summed E-state index contributed by atoms with van der Waals surface area (Å²) in [7, 11) is -1.15. The summed E-state index contributed by atoms with van der Waals surface area (Å²) in [6.07, 6.45) is 0.556. The summed E-state index contributed by atoms with van der Waals surface area (Å²) in [4.78, 5) is 17.9. The second-order valence-electron chi connectivity index (χ2n) is 6.39. The van der Waals surface area contributed by atoms with E-state index in [0.717, 1.165) is 6.42 Å². The summed E-state index contributed by atoms with van der Waals surface area (Å²) in [5.41, 5.74) is -0.488. The van der Waals surface area contributed by atoms with Crippen molar-refractivity contribution in [2.45, 2.75) is 37.8 Å². The molecule has 0 bridgehead atoms. The highest BCUT2D eigenvalue weighted by molar-refractivity contribution is 9.10. The Hall–Kier alpha value is -0.950. The molecule has 5 nitrogen and oxygen atoms in total. The van der Waals surface area contributed by atoms with E-state index in [1.54, 1.807) is 17.0 Å². The smallest absolute Gasteiger partial charge is 0.410 e. The maximum atomic E-state index is 12.4. The molecule has 7 heteroatoms. The standard InChI is InChI=1S/C15H21BrN2O3S/c1-15(2,3)21-14(19)18-8-7-11(9-18)10-22(20)13-6-4-5-12(16)17-13/h4-6,11H,7-10H2,1-3H3/t11-,22+/m0/s1. The average molecular weight is 389 g/mol. The zero-order valence-electron chi connectivity index (χ0n) is 13.0. The second-order valence-corrected chi connectivity index (χ2v) is 8.65. The molecule has 1 saturated heterocycles. The summed E-state index contributed by atoms with van der Waals surface area (Å²) in [6.45, 7) is 6.81. The van der Waals surface area contributed by atoms with Crippen molar-refractivity contribution < 1.29 is 13.7 Å². The third-order valence-electron chi connectivity index (χ3n) is 3.25. The molecule has 1 aromatic rings. The van der Waals surface area contributed by atoms with E-state index < -0.39 is 16.4 Å². The first-order valence-corrected chi connectivity index (χ1v) is 9.34. The number of rotatable bonds is 3. The van der Waals surface area contributed by atoms with Gasteiger partial charge in [0.15, 0.2) is 0 Å². The summed E-state index contributed by atoms with van der Waals surface area (Å²) < 4.78 is 18.4. The number of hydrogen-bond acceptors (Lipinski definition) is 4. The number of likely N-dealkylation sites (tertiary alicyclic amines) is 1. The monoisotopic (exact) mass is 388 g/mol. The fourth-order valence-corrected chi connectivity index (χ4v) is 4.04. The van der Waals surface area contributed by atoms with E-state index in [2.05, 4.69) is 20.9 Å². The first-order valence-electron chi connectivity index (χ1n) is 7.23. The molecule has 0 aliphatic carbocycles. The molecule has 0 aromatic carbocycles. The van der Waals surface area contributed by atoms with Crippen molar-refractivity contribution in [3.05, 3.63) is 22.8 Å². The minimum absolute atomic E-state index is 0.217. The lowest BCUT2D eigenvalue weighted by atomic mass is 10.2. The van der Waals surface area contributed by atoms with Crippen molar-refractivity contribution in [2.75, 3.05) is 18.8 Å². The Kier molecular flexibility index (Phi) is 5.60. The second kappa shape index (κ2) is 7.08. The molecule has 1 fully saturated rings. The minimum atomic E-state index is -1.15. The predicted octanol–water partition coefficient (Wildman–Crippen LogP) is 3.21. The number of nitrogens with zero attached hydrogens (tertiary/aromatic N) is 2. The van der Waals surface area contributed by atoms with Crippen molar-refractivity contribution in [1.82, 2.24) is 9.88 Å². The third-order valence-corrected chi connectivity index (χ3v) is 5.16. The largest absolute Gasteiger partial charge is 0.444 e. The molecule has 1 aliphatic rings. The topological polar surface area (TPSA) is 59.5 Å².